The standard InChI is InChI=1S/C10H9F3N2O2/c11-10(12,13)4-6-7(9(16)17)5-14-15-3-1-2-8(6)15/h1-3,5,9,16-17H,4H2. The minimum absolute atomic E-state index is 0.174. The summed E-state index contributed by atoms with van der Waals surface area (Å²) in [5, 5.41) is 21.9. The predicted octanol–water partition coefficient (Wildman–Crippen LogP) is 1.42. The summed E-state index contributed by atoms with van der Waals surface area (Å²) in [4.78, 5) is 0. The number of aromatic nitrogens is 2. The Labute approximate surface area is 93.9 Å². The van der Waals surface area contributed by atoms with Gasteiger partial charge in [0.25, 0.3) is 0 Å². The first kappa shape index (κ1) is 11.9. The number of rotatable bonds is 2. The summed E-state index contributed by atoms with van der Waals surface area (Å²) in [5.41, 5.74) is -0.186. The van der Waals surface area contributed by atoms with Crippen molar-refractivity contribution in [2.45, 2.75) is 18.9 Å². The van der Waals surface area contributed by atoms with Crippen molar-refractivity contribution >= 4 is 5.52 Å². The van der Waals surface area contributed by atoms with E-state index in [2.05, 4.69) is 5.10 Å². The fraction of sp³-hybridized carbons (Fsp3) is 0.300. The normalized spacial score (nSPS) is 12.6. The van der Waals surface area contributed by atoms with Crippen LogP contribution in [0.15, 0.2) is 24.5 Å². The number of fused-ring (bicyclic) bond motifs is 1. The van der Waals surface area contributed by atoms with Crippen molar-refractivity contribution in [3.05, 3.63) is 35.7 Å². The van der Waals surface area contributed by atoms with Gasteiger partial charge in [0, 0.05) is 11.8 Å². The summed E-state index contributed by atoms with van der Waals surface area (Å²) >= 11 is 0. The van der Waals surface area contributed by atoms with Crippen LogP contribution in [0, 0.1) is 0 Å². The average Bonchev–Trinajstić information content (AvgIpc) is 2.63. The van der Waals surface area contributed by atoms with Crippen molar-refractivity contribution in [3.63, 3.8) is 0 Å². The molecular formula is C10H9F3N2O2. The Morgan fingerprint density at radius 1 is 1.35 bits per heavy atom. The first-order chi connectivity index (χ1) is 7.88. The van der Waals surface area contributed by atoms with Gasteiger partial charge in [0.15, 0.2) is 6.29 Å². The molecule has 0 spiro atoms. The van der Waals surface area contributed by atoms with Crippen molar-refractivity contribution in [2.24, 2.45) is 0 Å². The van der Waals surface area contributed by atoms with Crippen LogP contribution in [0.4, 0.5) is 13.2 Å². The highest BCUT2D eigenvalue weighted by Crippen LogP contribution is 2.28. The van der Waals surface area contributed by atoms with Crippen LogP contribution in [0.3, 0.4) is 0 Å². The molecule has 0 aliphatic heterocycles. The van der Waals surface area contributed by atoms with E-state index in [1.165, 1.54) is 22.8 Å². The molecule has 0 bridgehead atoms. The van der Waals surface area contributed by atoms with Crippen LogP contribution in [-0.2, 0) is 6.42 Å². The molecular weight excluding hydrogens is 237 g/mol. The lowest BCUT2D eigenvalue weighted by Crippen LogP contribution is -2.16. The molecule has 17 heavy (non-hydrogen) atoms. The molecule has 4 nitrogen and oxygen atoms in total. The second-order valence-corrected chi connectivity index (χ2v) is 3.58. The lowest BCUT2D eigenvalue weighted by Gasteiger charge is -2.14. The topological polar surface area (TPSA) is 57.8 Å². The second kappa shape index (κ2) is 4.01. The molecule has 2 heterocycles. The Balaban J connectivity index is 2.61. The molecule has 0 saturated carbocycles. The molecule has 0 fully saturated rings. The van der Waals surface area contributed by atoms with Gasteiger partial charge in [0.1, 0.15) is 0 Å². The zero-order valence-corrected chi connectivity index (χ0v) is 8.52. The van der Waals surface area contributed by atoms with Crippen LogP contribution in [0.25, 0.3) is 5.52 Å². The molecule has 2 aromatic rings. The van der Waals surface area contributed by atoms with E-state index in [4.69, 9.17) is 10.2 Å². The van der Waals surface area contributed by atoms with E-state index in [0.29, 0.717) is 0 Å². The number of halogens is 3. The van der Waals surface area contributed by atoms with Crippen molar-refractivity contribution < 1.29 is 23.4 Å². The molecule has 92 valence electrons. The highest BCUT2D eigenvalue weighted by Gasteiger charge is 2.31. The SMILES string of the molecule is OC(O)c1cnn2cccc2c1CC(F)(F)F. The molecule has 0 saturated heterocycles. The summed E-state index contributed by atoms with van der Waals surface area (Å²) in [5.74, 6) is 0. The molecule has 0 aliphatic carbocycles. The minimum Gasteiger partial charge on any atom is -0.364 e. The Hall–Kier alpha value is -1.60. The quantitative estimate of drug-likeness (QED) is 0.788. The maximum Gasteiger partial charge on any atom is 0.393 e. The van der Waals surface area contributed by atoms with E-state index in [0.717, 1.165) is 6.20 Å². The number of alkyl halides is 3. The smallest absolute Gasteiger partial charge is 0.364 e. The number of nitrogens with zero attached hydrogens (tertiary/aromatic N) is 2. The molecule has 0 aliphatic rings. The minimum atomic E-state index is -4.42. The maximum absolute atomic E-state index is 12.4. The third-order valence-corrected chi connectivity index (χ3v) is 2.36. The van der Waals surface area contributed by atoms with Gasteiger partial charge in [-0.1, -0.05) is 0 Å². The first-order valence-corrected chi connectivity index (χ1v) is 4.76. The maximum atomic E-state index is 12.4. The zero-order valence-electron chi connectivity index (χ0n) is 8.52. The third-order valence-electron chi connectivity index (χ3n) is 2.36. The molecule has 0 aromatic carbocycles. The van der Waals surface area contributed by atoms with Gasteiger partial charge in [0.05, 0.1) is 18.1 Å². The van der Waals surface area contributed by atoms with Crippen LogP contribution in [0.5, 0.6) is 0 Å². The highest BCUT2D eigenvalue weighted by atomic mass is 19.4. The van der Waals surface area contributed by atoms with Crippen LogP contribution >= 0.6 is 0 Å². The summed E-state index contributed by atoms with van der Waals surface area (Å²) in [7, 11) is 0. The Morgan fingerprint density at radius 2 is 2.06 bits per heavy atom. The number of hydrogen-bond acceptors (Lipinski definition) is 3. The highest BCUT2D eigenvalue weighted by molar-refractivity contribution is 5.57. The van der Waals surface area contributed by atoms with Gasteiger partial charge in [-0.2, -0.15) is 18.3 Å². The van der Waals surface area contributed by atoms with Gasteiger partial charge < -0.3 is 10.2 Å². The largest absolute Gasteiger partial charge is 0.393 e. The molecule has 2 rings (SSSR count). The number of hydrogen-bond donors (Lipinski definition) is 2. The molecule has 7 heteroatoms. The average molecular weight is 246 g/mol. The third kappa shape index (κ3) is 2.40. The van der Waals surface area contributed by atoms with E-state index < -0.39 is 18.9 Å². The molecule has 2 aromatic heterocycles. The van der Waals surface area contributed by atoms with Gasteiger partial charge in [0.2, 0.25) is 0 Å². The lowest BCUT2D eigenvalue weighted by molar-refractivity contribution is -0.127. The fourth-order valence-corrected chi connectivity index (χ4v) is 1.68. The summed E-state index contributed by atoms with van der Waals surface area (Å²) in [6, 6.07) is 2.98. The molecule has 0 unspecified atom stereocenters. The molecule has 0 amide bonds. The van der Waals surface area contributed by atoms with Crippen LogP contribution in [0.1, 0.15) is 17.4 Å². The van der Waals surface area contributed by atoms with Gasteiger partial charge in [-0.15, -0.1) is 0 Å². The van der Waals surface area contributed by atoms with E-state index in [1.54, 1.807) is 0 Å². The summed E-state index contributed by atoms with van der Waals surface area (Å²) in [6.45, 7) is 0. The van der Waals surface area contributed by atoms with E-state index in [-0.39, 0.29) is 16.6 Å². The summed E-state index contributed by atoms with van der Waals surface area (Å²) in [6.07, 6.45) is -5.10. The van der Waals surface area contributed by atoms with Gasteiger partial charge in [-0.3, -0.25) is 0 Å². The van der Waals surface area contributed by atoms with Crippen LogP contribution in [0.2, 0.25) is 0 Å². The number of aliphatic hydroxyl groups is 2. The predicted molar refractivity (Wildman–Crippen MR) is 52.1 cm³/mol. The summed E-state index contributed by atoms with van der Waals surface area (Å²) < 4.78 is 38.5. The Morgan fingerprint density at radius 3 is 2.65 bits per heavy atom. The molecule has 2 N–H and O–H groups in total. The Bertz CT molecular complexity index is 534. The lowest BCUT2D eigenvalue weighted by atomic mass is 10.1. The van der Waals surface area contributed by atoms with Crippen molar-refractivity contribution in [2.75, 3.05) is 0 Å². The molecule has 0 radical (unpaired) electrons. The van der Waals surface area contributed by atoms with Crippen molar-refractivity contribution in [1.82, 2.24) is 9.61 Å². The van der Waals surface area contributed by atoms with E-state index >= 15 is 0 Å². The molecule has 0 atom stereocenters. The Kier molecular flexibility index (Phi) is 2.80. The zero-order chi connectivity index (χ0) is 12.6. The van der Waals surface area contributed by atoms with Crippen molar-refractivity contribution in [1.29, 1.82) is 0 Å². The van der Waals surface area contributed by atoms with E-state index in [9.17, 15) is 13.2 Å². The van der Waals surface area contributed by atoms with Gasteiger partial charge >= 0.3 is 6.18 Å². The van der Waals surface area contributed by atoms with Gasteiger partial charge in [-0.05, 0) is 17.7 Å². The van der Waals surface area contributed by atoms with Crippen molar-refractivity contribution in [3.8, 4) is 0 Å². The van der Waals surface area contributed by atoms with Gasteiger partial charge in [-0.25, -0.2) is 4.52 Å². The number of aliphatic hydroxyl groups excluding tert-OH is 1. The van der Waals surface area contributed by atoms with Crippen LogP contribution in [-0.4, -0.2) is 26.0 Å². The second-order valence-electron chi connectivity index (χ2n) is 3.58. The van der Waals surface area contributed by atoms with E-state index in [1.807, 2.05) is 0 Å². The fourth-order valence-electron chi connectivity index (χ4n) is 1.68. The monoisotopic (exact) mass is 246 g/mol. The van der Waals surface area contributed by atoms with Crippen LogP contribution < -0.4 is 0 Å². The first-order valence-electron chi connectivity index (χ1n) is 4.76.